The van der Waals surface area contributed by atoms with Crippen LogP contribution >= 0.6 is 11.6 Å². The van der Waals surface area contributed by atoms with Crippen molar-refractivity contribution >= 4 is 35.2 Å². The Hall–Kier alpha value is -4.46. The number of hydrogen-bond acceptors (Lipinski definition) is 5. The lowest BCUT2D eigenvalue weighted by molar-refractivity contribution is -0.144. The Morgan fingerprint density at radius 2 is 1.60 bits per heavy atom. The molecule has 3 aromatic carbocycles. The first-order chi connectivity index (χ1) is 22.0. The SMILES string of the molecule is O=C(C(Cc1ccccc1)N(Cc1ccc(N2CCOCC2)cc1)C(=O)C=Cc1ccc(Cl)nc1)N1CCc2ccccc2C1. The van der Waals surface area contributed by atoms with Gasteiger partial charge in [0.2, 0.25) is 11.8 Å². The van der Waals surface area contributed by atoms with Crippen molar-refractivity contribution in [2.45, 2.75) is 32.0 Å². The molecule has 3 heterocycles. The molecule has 1 atom stereocenters. The third-order valence-electron chi connectivity index (χ3n) is 8.49. The van der Waals surface area contributed by atoms with Gasteiger partial charge in [0.25, 0.3) is 0 Å². The van der Waals surface area contributed by atoms with E-state index in [0.29, 0.717) is 44.4 Å². The number of fused-ring (bicyclic) bond motifs is 1. The highest BCUT2D eigenvalue weighted by Gasteiger charge is 2.34. The molecule has 230 valence electrons. The van der Waals surface area contributed by atoms with Gasteiger partial charge < -0.3 is 19.4 Å². The van der Waals surface area contributed by atoms with E-state index in [0.717, 1.165) is 47.5 Å². The number of benzene rings is 3. The summed E-state index contributed by atoms with van der Waals surface area (Å²) in [6.45, 7) is 4.56. The van der Waals surface area contributed by atoms with Gasteiger partial charge in [0.05, 0.1) is 13.2 Å². The fourth-order valence-corrected chi connectivity index (χ4v) is 6.10. The van der Waals surface area contributed by atoms with E-state index < -0.39 is 6.04 Å². The van der Waals surface area contributed by atoms with Crippen molar-refractivity contribution in [2.24, 2.45) is 0 Å². The molecule has 1 saturated heterocycles. The van der Waals surface area contributed by atoms with Crippen LogP contribution in [0.3, 0.4) is 0 Å². The highest BCUT2D eigenvalue weighted by molar-refractivity contribution is 6.29. The minimum Gasteiger partial charge on any atom is -0.378 e. The molecule has 1 aromatic heterocycles. The molecule has 1 unspecified atom stereocenters. The minimum absolute atomic E-state index is 0.0480. The standard InChI is InChI=1S/C37H37ClN4O3/c38-35-16-12-29(25-39-35)13-17-36(43)42(26-30-10-14-33(15-11-30)40-20-22-45-23-21-40)34(24-28-6-2-1-3-7-28)37(44)41-19-18-31-8-4-5-9-32(31)27-41/h1-17,25,34H,18-24,26-27H2. The zero-order valence-electron chi connectivity index (χ0n) is 25.2. The average Bonchev–Trinajstić information content (AvgIpc) is 3.10. The summed E-state index contributed by atoms with van der Waals surface area (Å²) in [5.41, 5.74) is 6.26. The van der Waals surface area contributed by atoms with Crippen LogP contribution in [0.15, 0.2) is 103 Å². The third-order valence-corrected chi connectivity index (χ3v) is 8.72. The van der Waals surface area contributed by atoms with Gasteiger partial charge >= 0.3 is 0 Å². The van der Waals surface area contributed by atoms with E-state index >= 15 is 0 Å². The van der Waals surface area contributed by atoms with Gasteiger partial charge in [-0.15, -0.1) is 0 Å². The number of amides is 2. The summed E-state index contributed by atoms with van der Waals surface area (Å²) >= 11 is 5.97. The number of morpholine rings is 1. The Morgan fingerprint density at radius 3 is 2.33 bits per heavy atom. The summed E-state index contributed by atoms with van der Waals surface area (Å²) in [4.78, 5) is 38.7. The normalized spacial score (nSPS) is 15.5. The first kappa shape index (κ1) is 30.6. The maximum Gasteiger partial charge on any atom is 0.247 e. The number of rotatable bonds is 9. The maximum absolute atomic E-state index is 14.5. The van der Waals surface area contributed by atoms with Gasteiger partial charge in [0.1, 0.15) is 11.2 Å². The summed E-state index contributed by atoms with van der Waals surface area (Å²) in [7, 11) is 0. The summed E-state index contributed by atoms with van der Waals surface area (Å²) in [5, 5.41) is 0.386. The van der Waals surface area contributed by atoms with Crippen LogP contribution in [0.2, 0.25) is 5.15 Å². The third kappa shape index (κ3) is 7.80. The Morgan fingerprint density at radius 1 is 0.867 bits per heavy atom. The van der Waals surface area contributed by atoms with Crippen molar-refractivity contribution in [1.82, 2.24) is 14.8 Å². The molecular formula is C37H37ClN4O3. The lowest BCUT2D eigenvalue weighted by Gasteiger charge is -2.37. The predicted molar refractivity (Wildman–Crippen MR) is 178 cm³/mol. The number of halogens is 1. The van der Waals surface area contributed by atoms with Gasteiger partial charge in [0.15, 0.2) is 0 Å². The van der Waals surface area contributed by atoms with E-state index in [2.05, 4.69) is 46.3 Å². The van der Waals surface area contributed by atoms with Crippen LogP contribution in [0, 0.1) is 0 Å². The molecule has 1 fully saturated rings. The molecule has 2 aliphatic rings. The van der Waals surface area contributed by atoms with Crippen LogP contribution in [-0.2, 0) is 40.3 Å². The predicted octanol–water partition coefficient (Wildman–Crippen LogP) is 5.81. The van der Waals surface area contributed by atoms with Crippen molar-refractivity contribution in [1.29, 1.82) is 0 Å². The Bertz CT molecular complexity index is 1620. The van der Waals surface area contributed by atoms with Crippen molar-refractivity contribution in [3.05, 3.63) is 136 Å². The highest BCUT2D eigenvalue weighted by Crippen LogP contribution is 2.24. The maximum atomic E-state index is 14.5. The molecule has 4 aromatic rings. The molecule has 0 saturated carbocycles. The molecule has 0 radical (unpaired) electrons. The number of anilines is 1. The number of aromatic nitrogens is 1. The molecular weight excluding hydrogens is 584 g/mol. The molecule has 0 spiro atoms. The molecule has 45 heavy (non-hydrogen) atoms. The van der Waals surface area contributed by atoms with E-state index in [4.69, 9.17) is 16.3 Å². The molecule has 7 nitrogen and oxygen atoms in total. The van der Waals surface area contributed by atoms with Crippen LogP contribution in [0.1, 0.15) is 27.8 Å². The Kier molecular flexibility index (Phi) is 9.88. The fraction of sp³-hybridized carbons (Fsp3) is 0.270. The number of nitrogens with zero attached hydrogens (tertiary/aromatic N) is 4. The molecule has 0 N–H and O–H groups in total. The molecule has 6 rings (SSSR count). The number of carbonyl (C=O) groups excluding carboxylic acids is 2. The Balaban J connectivity index is 1.32. The van der Waals surface area contributed by atoms with E-state index in [9.17, 15) is 9.59 Å². The van der Waals surface area contributed by atoms with E-state index in [1.54, 1.807) is 23.2 Å². The van der Waals surface area contributed by atoms with Gasteiger partial charge in [-0.25, -0.2) is 4.98 Å². The van der Waals surface area contributed by atoms with E-state index in [1.165, 1.54) is 11.6 Å². The number of hydrogen-bond donors (Lipinski definition) is 0. The number of carbonyl (C=O) groups is 2. The second kappa shape index (κ2) is 14.5. The number of pyridine rings is 1. The van der Waals surface area contributed by atoms with Gasteiger partial charge in [-0.05, 0) is 58.5 Å². The first-order valence-corrected chi connectivity index (χ1v) is 15.8. The smallest absolute Gasteiger partial charge is 0.247 e. The second-order valence-electron chi connectivity index (χ2n) is 11.5. The zero-order chi connectivity index (χ0) is 31.0. The molecule has 0 bridgehead atoms. The monoisotopic (exact) mass is 620 g/mol. The van der Waals surface area contributed by atoms with Crippen LogP contribution in [0.25, 0.3) is 6.08 Å². The summed E-state index contributed by atoms with van der Waals surface area (Å²) in [5.74, 6) is -0.290. The average molecular weight is 621 g/mol. The topological polar surface area (TPSA) is 66.0 Å². The quantitative estimate of drug-likeness (QED) is 0.175. The van der Waals surface area contributed by atoms with Crippen molar-refractivity contribution < 1.29 is 14.3 Å². The van der Waals surface area contributed by atoms with Gasteiger partial charge in [-0.3, -0.25) is 9.59 Å². The van der Waals surface area contributed by atoms with Crippen molar-refractivity contribution in [3.8, 4) is 0 Å². The fourth-order valence-electron chi connectivity index (χ4n) is 5.98. The lowest BCUT2D eigenvalue weighted by Crippen LogP contribution is -2.52. The van der Waals surface area contributed by atoms with Gasteiger partial charge in [-0.1, -0.05) is 84.4 Å². The molecule has 2 aliphatic heterocycles. The first-order valence-electron chi connectivity index (χ1n) is 15.4. The molecule has 8 heteroatoms. The van der Waals surface area contributed by atoms with Crippen LogP contribution in [0.5, 0.6) is 0 Å². The highest BCUT2D eigenvalue weighted by atomic mass is 35.5. The van der Waals surface area contributed by atoms with Gasteiger partial charge in [0, 0.05) is 57.1 Å². The summed E-state index contributed by atoms with van der Waals surface area (Å²) in [6, 6.07) is 29.3. The molecule has 2 amide bonds. The summed E-state index contributed by atoms with van der Waals surface area (Å²) < 4.78 is 5.51. The van der Waals surface area contributed by atoms with E-state index in [-0.39, 0.29) is 11.8 Å². The Labute approximate surface area is 269 Å². The minimum atomic E-state index is -0.697. The summed E-state index contributed by atoms with van der Waals surface area (Å²) in [6.07, 6.45) is 6.08. The zero-order valence-corrected chi connectivity index (χ0v) is 26.0. The van der Waals surface area contributed by atoms with Crippen molar-refractivity contribution in [3.63, 3.8) is 0 Å². The largest absolute Gasteiger partial charge is 0.378 e. The van der Waals surface area contributed by atoms with Crippen LogP contribution in [0.4, 0.5) is 5.69 Å². The van der Waals surface area contributed by atoms with Crippen LogP contribution in [-0.4, -0.2) is 65.5 Å². The van der Waals surface area contributed by atoms with E-state index in [1.807, 2.05) is 53.4 Å². The molecule has 0 aliphatic carbocycles. The number of ether oxygens (including phenoxy) is 1. The van der Waals surface area contributed by atoms with Crippen molar-refractivity contribution in [2.75, 3.05) is 37.7 Å². The second-order valence-corrected chi connectivity index (χ2v) is 11.9. The van der Waals surface area contributed by atoms with Crippen LogP contribution < -0.4 is 4.90 Å². The lowest BCUT2D eigenvalue weighted by atomic mass is 9.97. The van der Waals surface area contributed by atoms with Gasteiger partial charge in [-0.2, -0.15) is 0 Å².